The van der Waals surface area contributed by atoms with Gasteiger partial charge in [0.1, 0.15) is 16.7 Å². The normalized spacial score (nSPS) is 22.4. The summed E-state index contributed by atoms with van der Waals surface area (Å²) in [4.78, 5) is 6.86. The van der Waals surface area contributed by atoms with Crippen molar-refractivity contribution in [3.8, 4) is 0 Å². The first kappa shape index (κ1) is 16.1. The van der Waals surface area contributed by atoms with Crippen LogP contribution in [0.1, 0.15) is 6.42 Å². The Kier molecular flexibility index (Phi) is 3.53. The maximum atomic E-state index is 13.1. The highest BCUT2D eigenvalue weighted by atomic mass is 35.5. The standard InChI is InChI=1S/C18H17ClN4O2S/c19-14-4-1-2-7-17(14)26(24,25)23-11-21-18-15(5-3-6-16(18)23)22-10-12-8-13(22)9-20-12/h1-7,11-13,20H,8-10H2/t12-,13-/m0/s1. The maximum absolute atomic E-state index is 13.1. The zero-order valence-corrected chi connectivity index (χ0v) is 15.4. The number of nitrogens with zero attached hydrogens (tertiary/aromatic N) is 3. The summed E-state index contributed by atoms with van der Waals surface area (Å²) in [7, 11) is -3.81. The van der Waals surface area contributed by atoms with Gasteiger partial charge in [-0.25, -0.2) is 17.4 Å². The van der Waals surface area contributed by atoms with Gasteiger partial charge in [0.15, 0.2) is 0 Å². The molecule has 0 aliphatic carbocycles. The summed E-state index contributed by atoms with van der Waals surface area (Å²) in [5.74, 6) is 0. The summed E-state index contributed by atoms with van der Waals surface area (Å²) in [6.45, 7) is 1.88. The summed E-state index contributed by atoms with van der Waals surface area (Å²) in [5.41, 5.74) is 2.26. The Morgan fingerprint density at radius 1 is 1.15 bits per heavy atom. The number of rotatable bonds is 3. The Labute approximate surface area is 156 Å². The van der Waals surface area contributed by atoms with Crippen LogP contribution in [0.4, 0.5) is 5.69 Å². The summed E-state index contributed by atoms with van der Waals surface area (Å²) < 4.78 is 27.4. The molecule has 2 saturated heterocycles. The molecule has 6 nitrogen and oxygen atoms in total. The third-order valence-electron chi connectivity index (χ3n) is 5.26. The van der Waals surface area contributed by atoms with Crippen molar-refractivity contribution in [3.05, 3.63) is 53.8 Å². The SMILES string of the molecule is O=S(=O)(c1ccccc1Cl)n1cnc2c(N3C[C@@H]4C[C@H]3CN4)cccc21. The third-order valence-corrected chi connectivity index (χ3v) is 7.42. The highest BCUT2D eigenvalue weighted by Gasteiger charge is 2.38. The smallest absolute Gasteiger partial charge is 0.270 e. The number of benzene rings is 2. The van der Waals surface area contributed by atoms with Crippen LogP contribution < -0.4 is 10.2 Å². The van der Waals surface area contributed by atoms with E-state index in [1.54, 1.807) is 24.3 Å². The molecule has 8 heteroatoms. The van der Waals surface area contributed by atoms with Gasteiger partial charge < -0.3 is 10.2 Å². The summed E-state index contributed by atoms with van der Waals surface area (Å²) >= 11 is 6.13. The van der Waals surface area contributed by atoms with Gasteiger partial charge in [0.05, 0.1) is 16.2 Å². The molecule has 0 unspecified atom stereocenters. The zero-order chi connectivity index (χ0) is 17.9. The average Bonchev–Trinajstić information content (AvgIpc) is 3.36. The Morgan fingerprint density at radius 2 is 2.00 bits per heavy atom. The minimum atomic E-state index is -3.81. The second-order valence-electron chi connectivity index (χ2n) is 6.77. The van der Waals surface area contributed by atoms with Crippen LogP contribution in [0.15, 0.2) is 53.7 Å². The number of fused-ring (bicyclic) bond motifs is 3. The largest absolute Gasteiger partial charge is 0.364 e. The molecule has 2 aromatic carbocycles. The van der Waals surface area contributed by atoms with Crippen molar-refractivity contribution in [1.29, 1.82) is 0 Å². The predicted molar refractivity (Wildman–Crippen MR) is 101 cm³/mol. The molecule has 3 heterocycles. The number of hydrogen-bond acceptors (Lipinski definition) is 5. The van der Waals surface area contributed by atoms with Gasteiger partial charge in [0.2, 0.25) is 0 Å². The molecule has 2 atom stereocenters. The van der Waals surface area contributed by atoms with E-state index in [0.717, 1.165) is 25.2 Å². The monoisotopic (exact) mass is 388 g/mol. The van der Waals surface area contributed by atoms with E-state index in [0.29, 0.717) is 23.1 Å². The summed E-state index contributed by atoms with van der Waals surface area (Å²) in [6, 6.07) is 13.1. The Bertz CT molecular complexity index is 1110. The van der Waals surface area contributed by atoms with Gasteiger partial charge in [0, 0.05) is 25.2 Å². The number of nitrogens with one attached hydrogen (secondary N) is 1. The van der Waals surface area contributed by atoms with Crippen molar-refractivity contribution in [1.82, 2.24) is 14.3 Å². The lowest BCUT2D eigenvalue weighted by Gasteiger charge is -2.29. The van der Waals surface area contributed by atoms with E-state index in [-0.39, 0.29) is 9.92 Å². The highest BCUT2D eigenvalue weighted by Crippen LogP contribution is 2.35. The summed E-state index contributed by atoms with van der Waals surface area (Å²) in [6.07, 6.45) is 2.49. The molecule has 134 valence electrons. The van der Waals surface area contributed by atoms with E-state index < -0.39 is 10.0 Å². The number of piperazine rings is 1. The number of anilines is 1. The average molecular weight is 389 g/mol. The molecule has 3 aromatic rings. The fourth-order valence-corrected chi connectivity index (χ4v) is 5.82. The number of halogens is 1. The van der Waals surface area contributed by atoms with Gasteiger partial charge in [-0.3, -0.25) is 0 Å². The minimum Gasteiger partial charge on any atom is -0.364 e. The van der Waals surface area contributed by atoms with Gasteiger partial charge >= 0.3 is 0 Å². The van der Waals surface area contributed by atoms with Gasteiger partial charge in [0.25, 0.3) is 10.0 Å². The second kappa shape index (κ2) is 5.70. The van der Waals surface area contributed by atoms with Gasteiger partial charge in [-0.15, -0.1) is 0 Å². The Hall–Kier alpha value is -2.09. The second-order valence-corrected chi connectivity index (χ2v) is 8.96. The fraction of sp³-hybridized carbons (Fsp3) is 0.278. The molecule has 1 N–H and O–H groups in total. The number of para-hydroxylation sites is 1. The van der Waals surface area contributed by atoms with Crippen LogP contribution in [0.5, 0.6) is 0 Å². The Balaban J connectivity index is 1.65. The molecule has 0 amide bonds. The van der Waals surface area contributed by atoms with Crippen molar-refractivity contribution in [2.45, 2.75) is 23.4 Å². The van der Waals surface area contributed by atoms with Crippen molar-refractivity contribution in [2.24, 2.45) is 0 Å². The topological polar surface area (TPSA) is 67.2 Å². The van der Waals surface area contributed by atoms with Crippen LogP contribution in [0.25, 0.3) is 11.0 Å². The predicted octanol–water partition coefficient (Wildman–Crippen LogP) is 2.48. The van der Waals surface area contributed by atoms with Crippen molar-refractivity contribution >= 4 is 38.3 Å². The molecule has 2 aliphatic heterocycles. The van der Waals surface area contributed by atoms with Gasteiger partial charge in [-0.05, 0) is 30.7 Å². The van der Waals surface area contributed by atoms with Crippen LogP contribution in [0, 0.1) is 0 Å². The minimum absolute atomic E-state index is 0.0794. The lowest BCUT2D eigenvalue weighted by Crippen LogP contribution is -2.43. The van der Waals surface area contributed by atoms with E-state index in [9.17, 15) is 8.42 Å². The van der Waals surface area contributed by atoms with Crippen molar-refractivity contribution in [3.63, 3.8) is 0 Å². The zero-order valence-electron chi connectivity index (χ0n) is 13.8. The highest BCUT2D eigenvalue weighted by molar-refractivity contribution is 7.90. The first-order valence-corrected chi connectivity index (χ1v) is 10.3. The molecule has 0 radical (unpaired) electrons. The van der Waals surface area contributed by atoms with E-state index in [2.05, 4.69) is 15.2 Å². The van der Waals surface area contributed by atoms with Crippen LogP contribution in [0.2, 0.25) is 5.02 Å². The van der Waals surface area contributed by atoms with Crippen molar-refractivity contribution < 1.29 is 8.42 Å². The lowest BCUT2D eigenvalue weighted by molar-refractivity contribution is 0.581. The molecule has 2 bridgehead atoms. The van der Waals surface area contributed by atoms with E-state index in [4.69, 9.17) is 11.6 Å². The molecular weight excluding hydrogens is 372 g/mol. The third kappa shape index (κ3) is 2.27. The molecular formula is C18H17ClN4O2S. The Morgan fingerprint density at radius 3 is 2.73 bits per heavy atom. The van der Waals surface area contributed by atoms with E-state index in [1.807, 2.05) is 12.1 Å². The van der Waals surface area contributed by atoms with E-state index in [1.165, 1.54) is 16.4 Å². The van der Waals surface area contributed by atoms with Gasteiger partial charge in [-0.2, -0.15) is 0 Å². The number of hydrogen-bond donors (Lipinski definition) is 1. The number of aromatic nitrogens is 2. The molecule has 0 spiro atoms. The number of imidazole rings is 1. The molecule has 0 saturated carbocycles. The summed E-state index contributed by atoms with van der Waals surface area (Å²) in [5, 5.41) is 3.69. The van der Waals surface area contributed by atoms with Gasteiger partial charge in [-0.1, -0.05) is 29.8 Å². The van der Waals surface area contributed by atoms with Crippen LogP contribution >= 0.6 is 11.6 Å². The molecule has 2 fully saturated rings. The lowest BCUT2D eigenvalue weighted by atomic mass is 10.2. The first-order chi connectivity index (χ1) is 12.6. The quantitative estimate of drug-likeness (QED) is 0.746. The molecule has 26 heavy (non-hydrogen) atoms. The van der Waals surface area contributed by atoms with Crippen LogP contribution in [0.3, 0.4) is 0 Å². The fourth-order valence-electron chi connectivity index (χ4n) is 4.04. The van der Waals surface area contributed by atoms with Crippen LogP contribution in [-0.2, 0) is 10.0 Å². The maximum Gasteiger partial charge on any atom is 0.270 e. The molecule has 5 rings (SSSR count). The van der Waals surface area contributed by atoms with Crippen LogP contribution in [-0.4, -0.2) is 42.5 Å². The molecule has 2 aliphatic rings. The van der Waals surface area contributed by atoms with E-state index >= 15 is 0 Å². The first-order valence-electron chi connectivity index (χ1n) is 8.52. The molecule has 1 aromatic heterocycles. The van der Waals surface area contributed by atoms with Crippen molar-refractivity contribution in [2.75, 3.05) is 18.0 Å².